The molecule has 1 N–H and O–H groups in total. The lowest BCUT2D eigenvalue weighted by Crippen LogP contribution is -2.03. The second-order valence-corrected chi connectivity index (χ2v) is 5.62. The van der Waals surface area contributed by atoms with E-state index in [-0.39, 0.29) is 6.10 Å². The van der Waals surface area contributed by atoms with Crippen molar-refractivity contribution in [1.82, 2.24) is 0 Å². The summed E-state index contributed by atoms with van der Waals surface area (Å²) in [4.78, 5) is 0. The first-order valence-electron chi connectivity index (χ1n) is 5.98. The van der Waals surface area contributed by atoms with E-state index >= 15 is 0 Å². The van der Waals surface area contributed by atoms with E-state index in [1.807, 2.05) is 23.9 Å². The van der Waals surface area contributed by atoms with Crippen molar-refractivity contribution in [2.24, 2.45) is 5.92 Å². The van der Waals surface area contributed by atoms with Crippen molar-refractivity contribution in [3.8, 4) is 0 Å². The molecule has 0 spiro atoms. The van der Waals surface area contributed by atoms with Crippen LogP contribution in [0.2, 0.25) is 0 Å². The summed E-state index contributed by atoms with van der Waals surface area (Å²) in [6.07, 6.45) is 0.730. The maximum atomic E-state index is 9.98. The van der Waals surface area contributed by atoms with Gasteiger partial charge >= 0.3 is 0 Å². The van der Waals surface area contributed by atoms with Crippen molar-refractivity contribution in [3.63, 3.8) is 0 Å². The fourth-order valence-electron chi connectivity index (χ4n) is 1.49. The molecule has 0 fully saturated rings. The van der Waals surface area contributed by atoms with Crippen LogP contribution in [0.4, 0.5) is 0 Å². The molecule has 1 aromatic carbocycles. The molecule has 0 saturated heterocycles. The van der Waals surface area contributed by atoms with Crippen LogP contribution in [0.15, 0.2) is 24.3 Å². The topological polar surface area (TPSA) is 20.2 Å². The average Bonchev–Trinajstić information content (AvgIpc) is 2.28. The number of hydrogen-bond acceptors (Lipinski definition) is 2. The van der Waals surface area contributed by atoms with E-state index in [0.717, 1.165) is 23.5 Å². The summed E-state index contributed by atoms with van der Waals surface area (Å²) in [7, 11) is 0. The smallest absolute Gasteiger partial charge is 0.0880 e. The second-order valence-electron chi connectivity index (χ2n) is 4.54. The van der Waals surface area contributed by atoms with Crippen LogP contribution in [0.1, 0.15) is 38.0 Å². The van der Waals surface area contributed by atoms with Crippen LogP contribution in [0, 0.1) is 5.92 Å². The van der Waals surface area contributed by atoms with Gasteiger partial charge in [-0.25, -0.2) is 0 Å². The molecule has 0 aliphatic heterocycles. The Morgan fingerprint density at radius 3 is 2.25 bits per heavy atom. The predicted octanol–water partition coefficient (Wildman–Crippen LogP) is 3.67. The van der Waals surface area contributed by atoms with Gasteiger partial charge in [0.05, 0.1) is 6.10 Å². The summed E-state index contributed by atoms with van der Waals surface area (Å²) in [5.74, 6) is 2.60. The SMILES string of the molecule is CCc1ccc(C(O)CSCC(C)C)cc1. The molecule has 1 rings (SSSR count). The summed E-state index contributed by atoms with van der Waals surface area (Å²) in [6.45, 7) is 6.55. The Hall–Kier alpha value is -0.470. The summed E-state index contributed by atoms with van der Waals surface area (Å²) in [6, 6.07) is 8.29. The fraction of sp³-hybridized carbons (Fsp3) is 0.571. The zero-order chi connectivity index (χ0) is 12.0. The van der Waals surface area contributed by atoms with Gasteiger partial charge in [0.25, 0.3) is 0 Å². The Morgan fingerprint density at radius 2 is 1.75 bits per heavy atom. The van der Waals surface area contributed by atoms with Gasteiger partial charge in [0, 0.05) is 5.75 Å². The molecule has 0 radical (unpaired) electrons. The van der Waals surface area contributed by atoms with Gasteiger partial charge < -0.3 is 5.11 Å². The number of benzene rings is 1. The molecule has 1 aromatic rings. The Morgan fingerprint density at radius 1 is 1.12 bits per heavy atom. The Labute approximate surface area is 103 Å². The van der Waals surface area contributed by atoms with Crippen molar-refractivity contribution < 1.29 is 5.11 Å². The second kappa shape index (κ2) is 6.97. The molecular weight excluding hydrogens is 216 g/mol. The Balaban J connectivity index is 2.43. The van der Waals surface area contributed by atoms with Gasteiger partial charge in [-0.1, -0.05) is 45.0 Å². The molecule has 0 aliphatic rings. The molecule has 0 aliphatic carbocycles. The van der Waals surface area contributed by atoms with Crippen LogP contribution in [0.5, 0.6) is 0 Å². The summed E-state index contributed by atoms with van der Waals surface area (Å²) >= 11 is 1.82. The first kappa shape index (κ1) is 13.6. The number of aliphatic hydroxyl groups excluding tert-OH is 1. The number of aryl methyl sites for hydroxylation is 1. The first-order chi connectivity index (χ1) is 7.63. The predicted molar refractivity (Wildman–Crippen MR) is 72.9 cm³/mol. The number of hydrogen-bond donors (Lipinski definition) is 1. The van der Waals surface area contributed by atoms with Crippen molar-refractivity contribution in [2.75, 3.05) is 11.5 Å². The van der Waals surface area contributed by atoms with Crippen LogP contribution in [-0.4, -0.2) is 16.6 Å². The van der Waals surface area contributed by atoms with Crippen molar-refractivity contribution in [2.45, 2.75) is 33.3 Å². The molecule has 1 atom stereocenters. The third kappa shape index (κ3) is 4.58. The van der Waals surface area contributed by atoms with Crippen LogP contribution in [-0.2, 0) is 6.42 Å². The zero-order valence-corrected chi connectivity index (χ0v) is 11.3. The lowest BCUT2D eigenvalue weighted by molar-refractivity contribution is 0.204. The molecule has 1 nitrogen and oxygen atoms in total. The van der Waals surface area contributed by atoms with E-state index in [4.69, 9.17) is 0 Å². The maximum Gasteiger partial charge on any atom is 0.0880 e. The normalized spacial score (nSPS) is 13.1. The Bertz CT molecular complexity index is 292. The lowest BCUT2D eigenvalue weighted by Gasteiger charge is -2.12. The minimum absolute atomic E-state index is 0.324. The monoisotopic (exact) mass is 238 g/mol. The lowest BCUT2D eigenvalue weighted by atomic mass is 10.1. The highest BCUT2D eigenvalue weighted by Gasteiger charge is 2.07. The third-order valence-corrected chi connectivity index (χ3v) is 3.95. The van der Waals surface area contributed by atoms with E-state index < -0.39 is 0 Å². The highest BCUT2D eigenvalue weighted by molar-refractivity contribution is 7.99. The molecule has 0 saturated carbocycles. The molecule has 16 heavy (non-hydrogen) atoms. The molecule has 0 amide bonds. The molecule has 0 bridgehead atoms. The van der Waals surface area contributed by atoms with Crippen molar-refractivity contribution in [3.05, 3.63) is 35.4 Å². The quantitative estimate of drug-likeness (QED) is 0.816. The summed E-state index contributed by atoms with van der Waals surface area (Å²) in [5.41, 5.74) is 2.36. The van der Waals surface area contributed by atoms with Crippen LogP contribution >= 0.6 is 11.8 Å². The van der Waals surface area contributed by atoms with Gasteiger partial charge in [-0.05, 0) is 29.2 Å². The molecule has 2 heteroatoms. The van der Waals surface area contributed by atoms with Gasteiger partial charge in [-0.2, -0.15) is 11.8 Å². The van der Waals surface area contributed by atoms with E-state index in [1.54, 1.807) is 0 Å². The summed E-state index contributed by atoms with van der Waals surface area (Å²) < 4.78 is 0. The minimum Gasteiger partial charge on any atom is -0.388 e. The van der Waals surface area contributed by atoms with E-state index in [1.165, 1.54) is 5.56 Å². The highest BCUT2D eigenvalue weighted by Crippen LogP contribution is 2.20. The average molecular weight is 238 g/mol. The standard InChI is InChI=1S/C14H22OS/c1-4-12-5-7-13(8-6-12)14(15)10-16-9-11(2)3/h5-8,11,14-15H,4,9-10H2,1-3H3. The molecule has 0 heterocycles. The first-order valence-corrected chi connectivity index (χ1v) is 7.13. The van der Waals surface area contributed by atoms with Gasteiger partial charge in [0.15, 0.2) is 0 Å². The van der Waals surface area contributed by atoms with Crippen molar-refractivity contribution in [1.29, 1.82) is 0 Å². The van der Waals surface area contributed by atoms with E-state index in [2.05, 4.69) is 32.9 Å². The zero-order valence-electron chi connectivity index (χ0n) is 10.4. The van der Waals surface area contributed by atoms with Gasteiger partial charge in [0.2, 0.25) is 0 Å². The third-order valence-electron chi connectivity index (χ3n) is 2.50. The van der Waals surface area contributed by atoms with Gasteiger partial charge in [-0.15, -0.1) is 0 Å². The van der Waals surface area contributed by atoms with E-state index in [9.17, 15) is 5.11 Å². The minimum atomic E-state index is -0.324. The molecule has 0 aromatic heterocycles. The van der Waals surface area contributed by atoms with Gasteiger partial charge in [0.1, 0.15) is 0 Å². The summed E-state index contributed by atoms with van der Waals surface area (Å²) in [5, 5.41) is 9.98. The number of thioether (sulfide) groups is 1. The number of aliphatic hydroxyl groups is 1. The van der Waals surface area contributed by atoms with Gasteiger partial charge in [-0.3, -0.25) is 0 Å². The molecule has 1 unspecified atom stereocenters. The molecule has 90 valence electrons. The van der Waals surface area contributed by atoms with Crippen LogP contribution in [0.25, 0.3) is 0 Å². The van der Waals surface area contributed by atoms with Crippen LogP contribution < -0.4 is 0 Å². The number of rotatable bonds is 6. The highest BCUT2D eigenvalue weighted by atomic mass is 32.2. The largest absolute Gasteiger partial charge is 0.388 e. The maximum absolute atomic E-state index is 9.98. The van der Waals surface area contributed by atoms with Crippen molar-refractivity contribution >= 4 is 11.8 Å². The molecular formula is C14H22OS. The van der Waals surface area contributed by atoms with Crippen LogP contribution in [0.3, 0.4) is 0 Å². The Kier molecular flexibility index (Phi) is 5.93. The fourth-order valence-corrected chi connectivity index (χ4v) is 2.51. The van der Waals surface area contributed by atoms with E-state index in [0.29, 0.717) is 5.92 Å².